The number of carbonyl (C=O) groups excluding carboxylic acids is 1. The molecule has 1 aromatic heterocycles. The SMILES string of the molecule is Cc1ccc(NC2CCC(Oc3cc(N4CCN(C(=O)OC(C)(C)C)CC4)ccn3)CC2)cc1. The lowest BCUT2D eigenvalue weighted by molar-refractivity contribution is 0.0240. The Hall–Kier alpha value is -2.96. The molecule has 0 bridgehead atoms. The summed E-state index contributed by atoms with van der Waals surface area (Å²) >= 11 is 0. The summed E-state index contributed by atoms with van der Waals surface area (Å²) in [5.41, 5.74) is 3.09. The Morgan fingerprint density at radius 2 is 1.68 bits per heavy atom. The van der Waals surface area contributed by atoms with E-state index < -0.39 is 5.60 Å². The molecule has 1 saturated heterocycles. The van der Waals surface area contributed by atoms with E-state index >= 15 is 0 Å². The van der Waals surface area contributed by atoms with Gasteiger partial charge in [0.1, 0.15) is 11.7 Å². The summed E-state index contributed by atoms with van der Waals surface area (Å²) in [7, 11) is 0. The molecule has 7 nitrogen and oxygen atoms in total. The number of nitrogens with one attached hydrogen (secondary N) is 1. The van der Waals surface area contributed by atoms with Gasteiger partial charge in [0.2, 0.25) is 5.88 Å². The zero-order valence-corrected chi connectivity index (χ0v) is 20.9. The largest absolute Gasteiger partial charge is 0.474 e. The molecule has 1 amide bonds. The maximum Gasteiger partial charge on any atom is 0.410 e. The summed E-state index contributed by atoms with van der Waals surface area (Å²) in [6, 6.07) is 13.1. The average molecular weight is 467 g/mol. The van der Waals surface area contributed by atoms with Crippen LogP contribution in [-0.2, 0) is 4.74 Å². The fraction of sp³-hybridized carbons (Fsp3) is 0.556. The van der Waals surface area contributed by atoms with Crippen molar-refractivity contribution < 1.29 is 14.3 Å². The molecule has 0 spiro atoms. The molecule has 4 rings (SSSR count). The van der Waals surface area contributed by atoms with Gasteiger partial charge in [0.15, 0.2) is 0 Å². The molecule has 2 aromatic rings. The molecular formula is C27H38N4O3. The zero-order valence-electron chi connectivity index (χ0n) is 20.9. The zero-order chi connectivity index (χ0) is 24.1. The van der Waals surface area contributed by atoms with E-state index in [1.54, 1.807) is 4.90 Å². The van der Waals surface area contributed by atoms with Gasteiger partial charge in [-0.25, -0.2) is 9.78 Å². The van der Waals surface area contributed by atoms with Gasteiger partial charge in [0.25, 0.3) is 0 Å². The number of benzene rings is 1. The third-order valence-electron chi connectivity index (χ3n) is 6.40. The van der Waals surface area contributed by atoms with Gasteiger partial charge < -0.3 is 24.6 Å². The highest BCUT2D eigenvalue weighted by Crippen LogP contribution is 2.27. The Bertz CT molecular complexity index is 941. The Morgan fingerprint density at radius 1 is 1.00 bits per heavy atom. The number of hydrogen-bond acceptors (Lipinski definition) is 6. The summed E-state index contributed by atoms with van der Waals surface area (Å²) in [6.07, 6.45) is 5.99. The van der Waals surface area contributed by atoms with Crippen molar-refractivity contribution in [2.75, 3.05) is 36.4 Å². The molecule has 0 unspecified atom stereocenters. The van der Waals surface area contributed by atoms with Crippen molar-refractivity contribution in [3.8, 4) is 5.88 Å². The van der Waals surface area contributed by atoms with Gasteiger partial charge in [0, 0.05) is 55.9 Å². The number of anilines is 2. The summed E-state index contributed by atoms with van der Waals surface area (Å²) < 4.78 is 11.8. The van der Waals surface area contributed by atoms with Crippen molar-refractivity contribution in [1.82, 2.24) is 9.88 Å². The van der Waals surface area contributed by atoms with Crippen molar-refractivity contribution in [1.29, 1.82) is 0 Å². The van der Waals surface area contributed by atoms with Crippen LogP contribution in [0.5, 0.6) is 5.88 Å². The first-order valence-electron chi connectivity index (χ1n) is 12.4. The molecule has 1 saturated carbocycles. The second-order valence-electron chi connectivity index (χ2n) is 10.4. The number of aryl methyl sites for hydroxylation is 1. The van der Waals surface area contributed by atoms with Gasteiger partial charge in [0.05, 0.1) is 0 Å². The summed E-state index contributed by atoms with van der Waals surface area (Å²) in [6.45, 7) is 10.6. The monoisotopic (exact) mass is 466 g/mol. The quantitative estimate of drug-likeness (QED) is 0.649. The Balaban J connectivity index is 1.24. The van der Waals surface area contributed by atoms with E-state index in [2.05, 4.69) is 46.4 Å². The normalized spacial score (nSPS) is 21.2. The fourth-order valence-electron chi connectivity index (χ4n) is 4.52. The summed E-state index contributed by atoms with van der Waals surface area (Å²) in [5.74, 6) is 0.682. The fourth-order valence-corrected chi connectivity index (χ4v) is 4.52. The molecule has 1 aliphatic heterocycles. The number of piperazine rings is 1. The predicted molar refractivity (Wildman–Crippen MR) is 136 cm³/mol. The van der Waals surface area contributed by atoms with Crippen LogP contribution in [0.25, 0.3) is 0 Å². The van der Waals surface area contributed by atoms with Crippen LogP contribution in [0, 0.1) is 6.92 Å². The predicted octanol–water partition coefficient (Wildman–Crippen LogP) is 5.25. The van der Waals surface area contributed by atoms with E-state index in [1.807, 2.05) is 39.1 Å². The Kier molecular flexibility index (Phi) is 7.49. The highest BCUT2D eigenvalue weighted by molar-refractivity contribution is 5.68. The highest BCUT2D eigenvalue weighted by atomic mass is 16.6. The molecule has 34 heavy (non-hydrogen) atoms. The molecule has 1 aliphatic carbocycles. The van der Waals surface area contributed by atoms with E-state index in [0.29, 0.717) is 25.0 Å². The number of amides is 1. The maximum atomic E-state index is 12.3. The van der Waals surface area contributed by atoms with E-state index in [9.17, 15) is 4.79 Å². The molecule has 0 radical (unpaired) electrons. The van der Waals surface area contributed by atoms with Crippen molar-refractivity contribution in [3.63, 3.8) is 0 Å². The second kappa shape index (κ2) is 10.5. The van der Waals surface area contributed by atoms with Crippen LogP contribution in [0.1, 0.15) is 52.0 Å². The van der Waals surface area contributed by atoms with E-state index in [0.717, 1.165) is 44.5 Å². The third kappa shape index (κ3) is 6.78. The van der Waals surface area contributed by atoms with E-state index in [4.69, 9.17) is 9.47 Å². The first-order valence-corrected chi connectivity index (χ1v) is 12.4. The van der Waals surface area contributed by atoms with Gasteiger partial charge in [-0.1, -0.05) is 17.7 Å². The highest BCUT2D eigenvalue weighted by Gasteiger charge is 2.27. The van der Waals surface area contributed by atoms with E-state index in [-0.39, 0.29) is 12.2 Å². The molecule has 2 aliphatic rings. The van der Waals surface area contributed by atoms with Crippen LogP contribution >= 0.6 is 0 Å². The van der Waals surface area contributed by atoms with Gasteiger partial charge in [-0.15, -0.1) is 0 Å². The number of pyridine rings is 1. The summed E-state index contributed by atoms with van der Waals surface area (Å²) in [5, 5.41) is 3.65. The molecule has 7 heteroatoms. The van der Waals surface area contributed by atoms with Crippen molar-refractivity contribution in [2.45, 2.75) is 71.1 Å². The molecule has 2 fully saturated rings. The first kappa shape index (κ1) is 24.2. The second-order valence-corrected chi connectivity index (χ2v) is 10.4. The van der Waals surface area contributed by atoms with Crippen LogP contribution < -0.4 is 15.0 Å². The standard InChI is InChI=1S/C27H38N4O3/c1-20-5-7-21(8-6-20)29-22-9-11-24(12-10-22)33-25-19-23(13-14-28-25)30-15-17-31(18-16-30)26(32)34-27(2,3)4/h5-8,13-14,19,22,24,29H,9-12,15-18H2,1-4H3. The van der Waals surface area contributed by atoms with Crippen LogP contribution in [0.3, 0.4) is 0 Å². The molecule has 184 valence electrons. The number of carbonyl (C=O) groups is 1. The number of nitrogens with zero attached hydrogens (tertiary/aromatic N) is 3. The molecule has 1 aromatic carbocycles. The minimum atomic E-state index is -0.471. The number of aromatic nitrogens is 1. The number of rotatable bonds is 5. The summed E-state index contributed by atoms with van der Waals surface area (Å²) in [4.78, 5) is 20.8. The number of ether oxygens (including phenoxy) is 2. The lowest BCUT2D eigenvalue weighted by Crippen LogP contribution is -2.50. The van der Waals surface area contributed by atoms with Crippen LogP contribution in [0.4, 0.5) is 16.2 Å². The third-order valence-corrected chi connectivity index (χ3v) is 6.40. The lowest BCUT2D eigenvalue weighted by Gasteiger charge is -2.36. The van der Waals surface area contributed by atoms with Crippen LogP contribution in [-0.4, -0.2) is 59.9 Å². The average Bonchev–Trinajstić information content (AvgIpc) is 2.81. The molecule has 1 N–H and O–H groups in total. The topological polar surface area (TPSA) is 66.9 Å². The maximum absolute atomic E-state index is 12.3. The smallest absolute Gasteiger partial charge is 0.410 e. The minimum Gasteiger partial charge on any atom is -0.474 e. The lowest BCUT2D eigenvalue weighted by atomic mass is 9.92. The van der Waals surface area contributed by atoms with Crippen molar-refractivity contribution >= 4 is 17.5 Å². The first-order chi connectivity index (χ1) is 16.2. The Labute approximate surface area is 203 Å². The van der Waals surface area contributed by atoms with E-state index in [1.165, 1.54) is 11.3 Å². The van der Waals surface area contributed by atoms with Gasteiger partial charge in [-0.3, -0.25) is 0 Å². The molecule has 2 heterocycles. The van der Waals surface area contributed by atoms with Crippen LogP contribution in [0.2, 0.25) is 0 Å². The number of hydrogen-bond donors (Lipinski definition) is 1. The van der Waals surface area contributed by atoms with Crippen molar-refractivity contribution in [3.05, 3.63) is 48.2 Å². The van der Waals surface area contributed by atoms with Gasteiger partial charge in [-0.05, 0) is 71.6 Å². The van der Waals surface area contributed by atoms with Gasteiger partial charge in [-0.2, -0.15) is 0 Å². The van der Waals surface area contributed by atoms with Crippen LogP contribution in [0.15, 0.2) is 42.6 Å². The van der Waals surface area contributed by atoms with Crippen molar-refractivity contribution in [2.24, 2.45) is 0 Å². The molecule has 0 atom stereocenters. The minimum absolute atomic E-state index is 0.197. The Morgan fingerprint density at radius 3 is 2.32 bits per heavy atom. The van der Waals surface area contributed by atoms with Gasteiger partial charge >= 0.3 is 6.09 Å². The molecular weight excluding hydrogens is 428 g/mol.